The van der Waals surface area contributed by atoms with Crippen LogP contribution in [0.5, 0.6) is 11.5 Å². The van der Waals surface area contributed by atoms with Gasteiger partial charge in [0, 0.05) is 5.56 Å². The van der Waals surface area contributed by atoms with E-state index in [2.05, 4.69) is 4.98 Å². The van der Waals surface area contributed by atoms with Crippen molar-refractivity contribution in [1.82, 2.24) is 4.98 Å². The van der Waals surface area contributed by atoms with Crippen molar-refractivity contribution in [2.45, 2.75) is 6.61 Å². The van der Waals surface area contributed by atoms with Gasteiger partial charge in [0.15, 0.2) is 23.0 Å². The number of nitrogen functional groups attached to an aromatic ring is 1. The molecule has 0 aliphatic carbocycles. The fourth-order valence-electron chi connectivity index (χ4n) is 2.82. The monoisotopic (exact) mass is 434 g/mol. The van der Waals surface area contributed by atoms with Crippen molar-refractivity contribution in [2.75, 3.05) is 12.5 Å². The average molecular weight is 435 g/mol. The first-order valence-electron chi connectivity index (χ1n) is 8.41. The van der Waals surface area contributed by atoms with Gasteiger partial charge in [0.05, 0.1) is 15.7 Å². The molecule has 6 nitrogen and oxygen atoms in total. The van der Waals surface area contributed by atoms with E-state index in [0.717, 1.165) is 5.56 Å². The lowest BCUT2D eigenvalue weighted by molar-refractivity contribution is 0.0466. The second kappa shape index (κ2) is 7.77. The molecule has 0 bridgehead atoms. The third kappa shape index (κ3) is 3.54. The number of pyridine rings is 1. The van der Waals surface area contributed by atoms with Crippen LogP contribution in [0, 0.1) is 5.82 Å². The van der Waals surface area contributed by atoms with Crippen LogP contribution in [0.4, 0.5) is 10.1 Å². The van der Waals surface area contributed by atoms with Crippen LogP contribution in [-0.4, -0.2) is 17.7 Å². The minimum absolute atomic E-state index is 0.00239. The van der Waals surface area contributed by atoms with Crippen LogP contribution < -0.4 is 15.2 Å². The number of nitrogens with two attached hydrogens (primary N) is 1. The highest BCUT2D eigenvalue weighted by Crippen LogP contribution is 2.47. The van der Waals surface area contributed by atoms with Gasteiger partial charge in [-0.2, -0.15) is 0 Å². The molecule has 3 aromatic rings. The van der Waals surface area contributed by atoms with Crippen molar-refractivity contribution in [3.8, 4) is 22.8 Å². The van der Waals surface area contributed by atoms with E-state index in [1.807, 2.05) is 18.2 Å². The molecule has 2 N–H and O–H groups in total. The number of aromatic nitrogens is 1. The van der Waals surface area contributed by atoms with Gasteiger partial charge in [-0.3, -0.25) is 0 Å². The number of hydrogen-bond acceptors (Lipinski definition) is 6. The second-order valence-electron chi connectivity index (χ2n) is 6.07. The predicted molar refractivity (Wildman–Crippen MR) is 106 cm³/mol. The number of carbonyl (C=O) groups excluding carboxylic acids is 1. The van der Waals surface area contributed by atoms with Gasteiger partial charge in [-0.1, -0.05) is 53.5 Å². The molecule has 1 aromatic heterocycles. The summed E-state index contributed by atoms with van der Waals surface area (Å²) in [5.74, 6) is -1.27. The second-order valence-corrected chi connectivity index (χ2v) is 6.86. The summed E-state index contributed by atoms with van der Waals surface area (Å²) in [7, 11) is 0. The molecule has 0 fully saturated rings. The normalized spacial score (nSPS) is 12.1. The fraction of sp³-hybridized carbons (Fsp3) is 0.100. The molecule has 4 rings (SSSR count). The maximum Gasteiger partial charge on any atom is 0.358 e. The van der Waals surface area contributed by atoms with Crippen molar-refractivity contribution in [2.24, 2.45) is 0 Å². The van der Waals surface area contributed by atoms with Gasteiger partial charge in [-0.05, 0) is 17.7 Å². The Morgan fingerprint density at radius 3 is 2.62 bits per heavy atom. The molecular formula is C20H13Cl2FN2O4. The van der Waals surface area contributed by atoms with Gasteiger partial charge in [-0.25, -0.2) is 14.2 Å². The van der Waals surface area contributed by atoms with Crippen molar-refractivity contribution in [3.05, 3.63) is 69.6 Å². The van der Waals surface area contributed by atoms with Crippen molar-refractivity contribution >= 4 is 34.9 Å². The first-order chi connectivity index (χ1) is 14.0. The summed E-state index contributed by atoms with van der Waals surface area (Å²) < 4.78 is 30.8. The fourth-order valence-corrected chi connectivity index (χ4v) is 3.22. The molecule has 0 amide bonds. The van der Waals surface area contributed by atoms with Gasteiger partial charge in [-0.15, -0.1) is 0 Å². The van der Waals surface area contributed by atoms with Crippen LogP contribution in [-0.2, 0) is 11.3 Å². The van der Waals surface area contributed by atoms with Crippen molar-refractivity contribution in [1.29, 1.82) is 0 Å². The Balaban J connectivity index is 1.73. The zero-order valence-corrected chi connectivity index (χ0v) is 16.3. The Morgan fingerprint density at radius 1 is 1.14 bits per heavy atom. The number of fused-ring (bicyclic) bond motifs is 1. The van der Waals surface area contributed by atoms with E-state index in [1.165, 1.54) is 12.1 Å². The molecule has 2 aromatic carbocycles. The zero-order chi connectivity index (χ0) is 20.5. The minimum Gasteiger partial charge on any atom is -0.456 e. The summed E-state index contributed by atoms with van der Waals surface area (Å²) >= 11 is 12.1. The Kier molecular flexibility index (Phi) is 5.17. The Hall–Kier alpha value is -3.03. The van der Waals surface area contributed by atoms with E-state index in [4.69, 9.17) is 43.1 Å². The van der Waals surface area contributed by atoms with E-state index < -0.39 is 17.5 Å². The highest BCUT2D eigenvalue weighted by atomic mass is 35.5. The standard InChI is InChI=1S/C20H13Cl2FN2O4/c21-12-7-6-11(18-19(12)29-9-28-18)16-14(23)15(24)13(22)17(25-16)20(26)27-8-10-4-2-1-3-5-10/h1-7H,8-9H2,(H2,24,25). The number of esters is 1. The summed E-state index contributed by atoms with van der Waals surface area (Å²) in [6.45, 7) is -0.0830. The third-order valence-corrected chi connectivity index (χ3v) is 4.92. The number of halogens is 3. The molecule has 0 atom stereocenters. The number of hydrogen-bond donors (Lipinski definition) is 1. The summed E-state index contributed by atoms with van der Waals surface area (Å²) in [5.41, 5.74) is 5.83. The van der Waals surface area contributed by atoms with Crippen molar-refractivity contribution < 1.29 is 23.4 Å². The highest BCUT2D eigenvalue weighted by molar-refractivity contribution is 6.36. The van der Waals surface area contributed by atoms with Gasteiger partial charge in [0.25, 0.3) is 0 Å². The minimum atomic E-state index is -0.894. The summed E-state index contributed by atoms with van der Waals surface area (Å²) in [6.07, 6.45) is 0. The van der Waals surface area contributed by atoms with Gasteiger partial charge in [0.2, 0.25) is 6.79 Å². The molecule has 2 heterocycles. The maximum atomic E-state index is 14.9. The number of carbonyl (C=O) groups is 1. The lowest BCUT2D eigenvalue weighted by Crippen LogP contribution is -2.12. The van der Waals surface area contributed by atoms with E-state index in [1.54, 1.807) is 12.1 Å². The maximum absolute atomic E-state index is 14.9. The first-order valence-corrected chi connectivity index (χ1v) is 9.17. The van der Waals surface area contributed by atoms with Gasteiger partial charge >= 0.3 is 5.97 Å². The van der Waals surface area contributed by atoms with E-state index in [0.29, 0.717) is 5.02 Å². The summed E-state index contributed by atoms with van der Waals surface area (Å²) in [6, 6.07) is 12.0. The number of nitrogens with zero attached hydrogens (tertiary/aromatic N) is 1. The molecule has 148 valence electrons. The van der Waals surface area contributed by atoms with Gasteiger partial charge in [0.1, 0.15) is 12.3 Å². The van der Waals surface area contributed by atoms with Crippen LogP contribution in [0.1, 0.15) is 16.1 Å². The number of rotatable bonds is 4. The average Bonchev–Trinajstić information content (AvgIpc) is 3.23. The quantitative estimate of drug-likeness (QED) is 0.590. The Bertz CT molecular complexity index is 1110. The van der Waals surface area contributed by atoms with E-state index in [-0.39, 0.29) is 46.9 Å². The predicted octanol–water partition coefficient (Wildman–Crippen LogP) is 4.86. The summed E-state index contributed by atoms with van der Waals surface area (Å²) in [5, 5.41) is -0.0295. The Morgan fingerprint density at radius 2 is 1.86 bits per heavy atom. The molecule has 0 saturated carbocycles. The number of anilines is 1. The molecule has 9 heteroatoms. The smallest absolute Gasteiger partial charge is 0.358 e. The largest absolute Gasteiger partial charge is 0.456 e. The van der Waals surface area contributed by atoms with Crippen LogP contribution in [0.25, 0.3) is 11.3 Å². The topological polar surface area (TPSA) is 83.7 Å². The van der Waals surface area contributed by atoms with E-state index >= 15 is 0 Å². The van der Waals surface area contributed by atoms with Crippen LogP contribution >= 0.6 is 23.2 Å². The van der Waals surface area contributed by atoms with Crippen molar-refractivity contribution in [3.63, 3.8) is 0 Å². The zero-order valence-electron chi connectivity index (χ0n) is 14.7. The summed E-state index contributed by atoms with van der Waals surface area (Å²) in [4.78, 5) is 16.6. The lowest BCUT2D eigenvalue weighted by atomic mass is 10.1. The highest BCUT2D eigenvalue weighted by Gasteiger charge is 2.28. The first kappa shape index (κ1) is 19.3. The molecule has 0 unspecified atom stereocenters. The lowest BCUT2D eigenvalue weighted by Gasteiger charge is -2.13. The van der Waals surface area contributed by atoms with E-state index in [9.17, 15) is 9.18 Å². The SMILES string of the molecule is Nc1c(F)c(-c2ccc(Cl)c3c2OCO3)nc(C(=O)OCc2ccccc2)c1Cl. The third-order valence-electron chi connectivity index (χ3n) is 4.24. The number of ether oxygens (including phenoxy) is 3. The number of benzene rings is 2. The molecule has 1 aliphatic rings. The van der Waals surface area contributed by atoms with Gasteiger partial charge < -0.3 is 19.9 Å². The van der Waals surface area contributed by atoms with Crippen LogP contribution in [0.3, 0.4) is 0 Å². The van der Waals surface area contributed by atoms with Crippen LogP contribution in [0.15, 0.2) is 42.5 Å². The molecule has 0 saturated heterocycles. The molecule has 1 aliphatic heterocycles. The molecule has 0 radical (unpaired) electrons. The molecular weight excluding hydrogens is 422 g/mol. The molecule has 0 spiro atoms. The molecule has 29 heavy (non-hydrogen) atoms. The Labute approximate surface area is 174 Å². The van der Waals surface area contributed by atoms with Crippen LogP contribution in [0.2, 0.25) is 10.0 Å².